The van der Waals surface area contributed by atoms with Gasteiger partial charge in [-0.2, -0.15) is 0 Å². The fourth-order valence-electron chi connectivity index (χ4n) is 4.15. The number of carbonyl (C=O) groups excluding carboxylic acids is 2. The van der Waals surface area contributed by atoms with Gasteiger partial charge in [-0.1, -0.05) is 72.8 Å². The third-order valence-electron chi connectivity index (χ3n) is 6.08. The molecule has 0 bridgehead atoms. The molecule has 0 saturated heterocycles. The number of anilines is 2. The van der Waals surface area contributed by atoms with Gasteiger partial charge in [0, 0.05) is 12.1 Å². The highest BCUT2D eigenvalue weighted by atomic mass is 16.5. The van der Waals surface area contributed by atoms with Crippen LogP contribution in [0.15, 0.2) is 97.6 Å². The van der Waals surface area contributed by atoms with Crippen LogP contribution in [0.1, 0.15) is 16.7 Å². The van der Waals surface area contributed by atoms with Crippen LogP contribution in [0.5, 0.6) is 0 Å². The first-order valence-electron chi connectivity index (χ1n) is 12.4. The van der Waals surface area contributed by atoms with E-state index in [9.17, 15) is 9.59 Å². The van der Waals surface area contributed by atoms with Crippen LogP contribution in [0.2, 0.25) is 0 Å². The zero-order valence-corrected chi connectivity index (χ0v) is 21.0. The molecule has 4 N–H and O–H groups in total. The lowest BCUT2D eigenvalue weighted by Crippen LogP contribution is -2.45. The van der Waals surface area contributed by atoms with Crippen molar-refractivity contribution < 1.29 is 14.3 Å². The summed E-state index contributed by atoms with van der Waals surface area (Å²) in [7, 11) is 0. The summed E-state index contributed by atoms with van der Waals surface area (Å²) in [6, 6.07) is 25.4. The zero-order chi connectivity index (χ0) is 27.0. The minimum atomic E-state index is -0.850. The number of nitrogen functional groups attached to an aromatic ring is 1. The van der Waals surface area contributed by atoms with Gasteiger partial charge in [0.1, 0.15) is 24.5 Å². The Hall–Kier alpha value is -5.25. The van der Waals surface area contributed by atoms with Gasteiger partial charge in [0.25, 0.3) is 0 Å². The number of benzene rings is 3. The number of ether oxygens (including phenoxy) is 1. The Morgan fingerprint density at radius 2 is 1.59 bits per heavy atom. The number of hydrogen-bond donors (Lipinski definition) is 3. The number of imidazole rings is 1. The van der Waals surface area contributed by atoms with E-state index >= 15 is 0 Å². The third kappa shape index (κ3) is 6.55. The molecule has 2 amide bonds. The predicted octanol–water partition coefficient (Wildman–Crippen LogP) is 3.93. The van der Waals surface area contributed by atoms with Crippen LogP contribution in [0.4, 0.5) is 16.3 Å². The smallest absolute Gasteiger partial charge is 0.408 e. The van der Waals surface area contributed by atoms with Gasteiger partial charge in [-0.05, 0) is 28.8 Å². The monoisotopic (exact) mass is 521 g/mol. The van der Waals surface area contributed by atoms with Crippen LogP contribution in [0.3, 0.4) is 0 Å². The number of amides is 2. The van der Waals surface area contributed by atoms with Gasteiger partial charge in [0.05, 0.1) is 12.9 Å². The van der Waals surface area contributed by atoms with Gasteiger partial charge in [0.15, 0.2) is 11.5 Å². The fourth-order valence-corrected chi connectivity index (χ4v) is 4.15. The molecule has 0 spiro atoms. The van der Waals surface area contributed by atoms with Crippen molar-refractivity contribution in [3.8, 4) is 0 Å². The van der Waals surface area contributed by atoms with E-state index in [1.54, 1.807) is 12.4 Å². The maximum absolute atomic E-state index is 13.3. The van der Waals surface area contributed by atoms with Gasteiger partial charge in [-0.3, -0.25) is 4.79 Å². The van der Waals surface area contributed by atoms with E-state index in [-0.39, 0.29) is 12.5 Å². The highest BCUT2D eigenvalue weighted by Crippen LogP contribution is 2.18. The Balaban J connectivity index is 1.28. The van der Waals surface area contributed by atoms with Crippen LogP contribution in [0, 0.1) is 0 Å². The predicted molar refractivity (Wildman–Crippen MR) is 148 cm³/mol. The Morgan fingerprint density at radius 1 is 0.872 bits per heavy atom. The van der Waals surface area contributed by atoms with E-state index in [1.807, 2.05) is 83.4 Å². The molecular weight excluding hydrogens is 494 g/mol. The van der Waals surface area contributed by atoms with Crippen molar-refractivity contribution in [3.05, 3.63) is 114 Å². The van der Waals surface area contributed by atoms with E-state index in [0.717, 1.165) is 16.7 Å². The fraction of sp³-hybridized carbons (Fsp3) is 0.138. The van der Waals surface area contributed by atoms with Crippen molar-refractivity contribution in [3.63, 3.8) is 0 Å². The summed E-state index contributed by atoms with van der Waals surface area (Å²) in [4.78, 5) is 38.5. The average Bonchev–Trinajstić information content (AvgIpc) is 3.37. The third-order valence-corrected chi connectivity index (χ3v) is 6.08. The lowest BCUT2D eigenvalue weighted by molar-refractivity contribution is -0.118. The van der Waals surface area contributed by atoms with Crippen LogP contribution in [-0.4, -0.2) is 37.6 Å². The molecular formula is C29H27N7O3. The lowest BCUT2D eigenvalue weighted by atomic mass is 10.1. The van der Waals surface area contributed by atoms with E-state index in [1.165, 1.54) is 6.33 Å². The van der Waals surface area contributed by atoms with Gasteiger partial charge in [-0.15, -0.1) is 0 Å². The van der Waals surface area contributed by atoms with Crippen molar-refractivity contribution in [1.29, 1.82) is 0 Å². The second kappa shape index (κ2) is 11.9. The van der Waals surface area contributed by atoms with Crippen molar-refractivity contribution in [1.82, 2.24) is 24.8 Å². The summed E-state index contributed by atoms with van der Waals surface area (Å²) < 4.78 is 7.22. The summed E-state index contributed by atoms with van der Waals surface area (Å²) in [5, 5.41) is 5.65. The molecule has 5 rings (SSSR count). The summed E-state index contributed by atoms with van der Waals surface area (Å²) in [5.41, 5.74) is 10.3. The lowest BCUT2D eigenvalue weighted by Gasteiger charge is -2.19. The Bertz CT molecular complexity index is 1570. The molecule has 0 aliphatic carbocycles. The standard InChI is InChI=1S/C29H27N7O3/c30-26-25-27(32-18-31-26)36(19-33-25)16-22-12-7-13-23(14-22)34-28(37)24(15-20-8-3-1-4-9-20)35-29(38)39-17-21-10-5-2-6-11-21/h1-14,18-19,24H,15-17H2,(H,34,37)(H,35,38)(H2,30,31,32). The van der Waals surface area contributed by atoms with Crippen molar-refractivity contribution in [2.45, 2.75) is 25.6 Å². The number of hydrogen-bond acceptors (Lipinski definition) is 7. The van der Waals surface area contributed by atoms with E-state index in [2.05, 4.69) is 25.6 Å². The molecule has 196 valence electrons. The largest absolute Gasteiger partial charge is 0.445 e. The zero-order valence-electron chi connectivity index (χ0n) is 21.0. The van der Waals surface area contributed by atoms with Crippen LogP contribution >= 0.6 is 0 Å². The van der Waals surface area contributed by atoms with Crippen molar-refractivity contribution in [2.24, 2.45) is 0 Å². The first kappa shape index (κ1) is 25.4. The number of nitrogens with two attached hydrogens (primary N) is 1. The summed E-state index contributed by atoms with van der Waals surface area (Å²) >= 11 is 0. The van der Waals surface area contributed by atoms with E-state index in [0.29, 0.717) is 35.6 Å². The molecule has 2 heterocycles. The number of rotatable bonds is 9. The molecule has 10 heteroatoms. The van der Waals surface area contributed by atoms with E-state index < -0.39 is 12.1 Å². The average molecular weight is 522 g/mol. The molecule has 5 aromatic rings. The second-order valence-corrected chi connectivity index (χ2v) is 8.94. The molecule has 0 fully saturated rings. The van der Waals surface area contributed by atoms with Crippen LogP contribution in [0.25, 0.3) is 11.2 Å². The summed E-state index contributed by atoms with van der Waals surface area (Å²) in [6.07, 6.45) is 2.69. The minimum Gasteiger partial charge on any atom is -0.445 e. The highest BCUT2D eigenvalue weighted by molar-refractivity contribution is 5.96. The Labute approximate surface area is 224 Å². The molecule has 2 aromatic heterocycles. The number of aromatic nitrogens is 4. The molecule has 0 aliphatic heterocycles. The summed E-state index contributed by atoms with van der Waals surface area (Å²) in [5.74, 6) is -0.0414. The number of alkyl carbamates (subject to hydrolysis) is 1. The summed E-state index contributed by atoms with van der Waals surface area (Å²) in [6.45, 7) is 0.571. The Kier molecular flexibility index (Phi) is 7.73. The van der Waals surface area contributed by atoms with Gasteiger partial charge >= 0.3 is 6.09 Å². The number of nitrogens with one attached hydrogen (secondary N) is 2. The first-order chi connectivity index (χ1) is 19.0. The van der Waals surface area contributed by atoms with E-state index in [4.69, 9.17) is 10.5 Å². The molecule has 0 radical (unpaired) electrons. The molecule has 1 atom stereocenters. The van der Waals surface area contributed by atoms with Crippen molar-refractivity contribution >= 4 is 34.7 Å². The molecule has 1 unspecified atom stereocenters. The second-order valence-electron chi connectivity index (χ2n) is 8.94. The highest BCUT2D eigenvalue weighted by Gasteiger charge is 2.22. The van der Waals surface area contributed by atoms with Crippen molar-refractivity contribution in [2.75, 3.05) is 11.1 Å². The maximum Gasteiger partial charge on any atom is 0.408 e. The minimum absolute atomic E-state index is 0.105. The van der Waals surface area contributed by atoms with Crippen LogP contribution in [-0.2, 0) is 29.1 Å². The number of carbonyl (C=O) groups is 2. The molecule has 0 aliphatic rings. The molecule has 3 aromatic carbocycles. The van der Waals surface area contributed by atoms with Crippen LogP contribution < -0.4 is 16.4 Å². The first-order valence-corrected chi connectivity index (χ1v) is 12.4. The SMILES string of the molecule is Nc1ncnc2c1ncn2Cc1cccc(NC(=O)C(Cc2ccccc2)NC(=O)OCc2ccccc2)c1. The number of nitrogens with zero attached hydrogens (tertiary/aromatic N) is 4. The normalized spacial score (nSPS) is 11.6. The van der Waals surface area contributed by atoms with Gasteiger partial charge < -0.3 is 25.7 Å². The van der Waals surface area contributed by atoms with Gasteiger partial charge in [0.2, 0.25) is 5.91 Å². The maximum atomic E-state index is 13.3. The molecule has 39 heavy (non-hydrogen) atoms. The molecule has 0 saturated carbocycles. The number of fused-ring (bicyclic) bond motifs is 1. The quantitative estimate of drug-likeness (QED) is 0.267. The Morgan fingerprint density at radius 3 is 2.36 bits per heavy atom. The molecule has 10 nitrogen and oxygen atoms in total. The topological polar surface area (TPSA) is 137 Å². The van der Waals surface area contributed by atoms with Gasteiger partial charge in [-0.25, -0.2) is 19.7 Å².